The van der Waals surface area contributed by atoms with Gasteiger partial charge in [-0.15, -0.1) is 0 Å². The lowest BCUT2D eigenvalue weighted by Gasteiger charge is -2.51. The summed E-state index contributed by atoms with van der Waals surface area (Å²) < 4.78 is 6.97. The van der Waals surface area contributed by atoms with Crippen molar-refractivity contribution in [2.75, 3.05) is 4.90 Å². The molecule has 2 spiro atoms. The molecule has 3 aliphatic rings. The first-order valence-electron chi connectivity index (χ1n) is 11.3. The standard InChI is InChI=1S/C27H24N2O3/c30-29(31)22-13-14-25-20(19-22)15-18-27(32-25)26(16-7-2-8-17-26)23-11-5-6-12-24(23)28(27)21-9-3-1-4-10-21/h1,3-6,9-15,18-19H,2,7-8,16-17H2. The molecule has 2 aliphatic heterocycles. The maximum Gasteiger partial charge on any atom is 0.270 e. The fourth-order valence-corrected chi connectivity index (χ4v) is 6.00. The van der Waals surface area contributed by atoms with Crippen molar-refractivity contribution in [3.8, 4) is 5.75 Å². The Bertz CT molecular complexity index is 1230. The molecule has 0 bridgehead atoms. The topological polar surface area (TPSA) is 55.6 Å². The second-order valence-corrected chi connectivity index (χ2v) is 8.94. The SMILES string of the molecule is O=[N+]([O-])c1ccc2c(c1)C=CC1(O2)N(c2ccccc2)c2ccccc2C12CCCCC2. The minimum absolute atomic E-state index is 0.0787. The smallest absolute Gasteiger partial charge is 0.270 e. The van der Waals surface area contributed by atoms with Crippen LogP contribution in [0, 0.1) is 10.1 Å². The van der Waals surface area contributed by atoms with Crippen LogP contribution >= 0.6 is 0 Å². The van der Waals surface area contributed by atoms with Crippen molar-refractivity contribution in [1.82, 2.24) is 0 Å². The molecule has 1 saturated carbocycles. The molecule has 0 aromatic heterocycles. The zero-order valence-electron chi connectivity index (χ0n) is 17.7. The van der Waals surface area contributed by atoms with Crippen LogP contribution in [0.5, 0.6) is 5.75 Å². The number of para-hydroxylation sites is 2. The summed E-state index contributed by atoms with van der Waals surface area (Å²) in [7, 11) is 0. The average Bonchev–Trinajstić information content (AvgIpc) is 3.05. The van der Waals surface area contributed by atoms with Gasteiger partial charge in [-0.05, 0) is 54.8 Å². The van der Waals surface area contributed by atoms with Crippen molar-refractivity contribution >= 4 is 23.1 Å². The number of nitrogens with zero attached hydrogens (tertiary/aromatic N) is 2. The monoisotopic (exact) mass is 424 g/mol. The van der Waals surface area contributed by atoms with Crippen molar-refractivity contribution in [3.63, 3.8) is 0 Å². The van der Waals surface area contributed by atoms with Crippen molar-refractivity contribution in [2.24, 2.45) is 0 Å². The molecule has 6 rings (SSSR count). The molecular formula is C27H24N2O3. The Hall–Kier alpha value is -3.60. The third-order valence-electron chi connectivity index (χ3n) is 7.36. The van der Waals surface area contributed by atoms with E-state index in [2.05, 4.69) is 59.5 Å². The number of nitro groups is 1. The molecule has 3 aromatic carbocycles. The van der Waals surface area contributed by atoms with Crippen molar-refractivity contribution < 1.29 is 9.66 Å². The molecule has 3 aromatic rings. The average molecular weight is 425 g/mol. The van der Waals surface area contributed by atoms with Crippen LogP contribution in [0.3, 0.4) is 0 Å². The molecule has 5 heteroatoms. The fourth-order valence-electron chi connectivity index (χ4n) is 6.00. The zero-order valence-corrected chi connectivity index (χ0v) is 17.7. The molecule has 0 amide bonds. The number of non-ortho nitro benzene ring substituents is 1. The second-order valence-electron chi connectivity index (χ2n) is 8.94. The predicted octanol–water partition coefficient (Wildman–Crippen LogP) is 6.75. The summed E-state index contributed by atoms with van der Waals surface area (Å²) >= 11 is 0. The lowest BCUT2D eigenvalue weighted by molar-refractivity contribution is -0.384. The van der Waals surface area contributed by atoms with E-state index in [0.29, 0.717) is 5.75 Å². The molecule has 1 aliphatic carbocycles. The Labute approximate surface area is 187 Å². The van der Waals surface area contributed by atoms with E-state index >= 15 is 0 Å². The van der Waals surface area contributed by atoms with Gasteiger partial charge in [-0.2, -0.15) is 0 Å². The van der Waals surface area contributed by atoms with Gasteiger partial charge in [-0.25, -0.2) is 0 Å². The van der Waals surface area contributed by atoms with Crippen LogP contribution in [0.4, 0.5) is 17.1 Å². The van der Waals surface area contributed by atoms with E-state index in [-0.39, 0.29) is 16.0 Å². The Morgan fingerprint density at radius 2 is 1.66 bits per heavy atom. The number of benzene rings is 3. The zero-order chi connectivity index (χ0) is 21.8. The van der Waals surface area contributed by atoms with Gasteiger partial charge in [0.2, 0.25) is 5.72 Å². The highest BCUT2D eigenvalue weighted by Gasteiger charge is 2.63. The van der Waals surface area contributed by atoms with Crippen LogP contribution in [0.25, 0.3) is 6.08 Å². The van der Waals surface area contributed by atoms with Gasteiger partial charge in [0, 0.05) is 29.1 Å². The molecule has 2 heterocycles. The maximum atomic E-state index is 11.3. The Kier molecular flexibility index (Phi) is 4.15. The van der Waals surface area contributed by atoms with E-state index in [1.165, 1.54) is 23.7 Å². The highest BCUT2D eigenvalue weighted by Crippen LogP contribution is 2.62. The summed E-state index contributed by atoms with van der Waals surface area (Å²) in [6.45, 7) is 0. The highest BCUT2D eigenvalue weighted by atomic mass is 16.6. The fraction of sp³-hybridized carbons (Fsp3) is 0.259. The van der Waals surface area contributed by atoms with Gasteiger partial charge in [0.1, 0.15) is 5.75 Å². The second kappa shape index (κ2) is 6.95. The molecule has 1 fully saturated rings. The van der Waals surface area contributed by atoms with E-state index in [1.54, 1.807) is 12.1 Å². The largest absolute Gasteiger partial charge is 0.462 e. The summed E-state index contributed by atoms with van der Waals surface area (Å²) in [6.07, 6.45) is 9.80. The molecule has 32 heavy (non-hydrogen) atoms. The van der Waals surface area contributed by atoms with E-state index in [1.807, 2.05) is 12.1 Å². The quantitative estimate of drug-likeness (QED) is 0.337. The van der Waals surface area contributed by atoms with E-state index in [4.69, 9.17) is 4.74 Å². The van der Waals surface area contributed by atoms with Crippen molar-refractivity contribution in [2.45, 2.75) is 43.2 Å². The number of fused-ring (bicyclic) bond motifs is 4. The number of nitro benzene ring substituents is 1. The van der Waals surface area contributed by atoms with Gasteiger partial charge >= 0.3 is 0 Å². The molecular weight excluding hydrogens is 400 g/mol. The third kappa shape index (κ3) is 2.51. The summed E-state index contributed by atoms with van der Waals surface area (Å²) in [5.74, 6) is 0.691. The molecule has 5 nitrogen and oxygen atoms in total. The van der Waals surface area contributed by atoms with Crippen molar-refractivity contribution in [3.05, 3.63) is 100 Å². The number of hydrogen-bond acceptors (Lipinski definition) is 4. The lowest BCUT2D eigenvalue weighted by Crippen LogP contribution is -2.60. The first-order chi connectivity index (χ1) is 15.6. The lowest BCUT2D eigenvalue weighted by atomic mass is 9.64. The molecule has 1 unspecified atom stereocenters. The van der Waals surface area contributed by atoms with Crippen LogP contribution in [0.2, 0.25) is 0 Å². The summed E-state index contributed by atoms with van der Waals surface area (Å²) in [6, 6.07) is 23.9. The molecule has 160 valence electrons. The summed E-state index contributed by atoms with van der Waals surface area (Å²) in [5.41, 5.74) is 3.51. The molecule has 0 radical (unpaired) electrons. The van der Waals surface area contributed by atoms with Crippen LogP contribution < -0.4 is 9.64 Å². The number of anilines is 2. The van der Waals surface area contributed by atoms with Crippen LogP contribution in [0.1, 0.15) is 43.2 Å². The molecule has 0 saturated heterocycles. The number of hydrogen-bond donors (Lipinski definition) is 0. The van der Waals surface area contributed by atoms with E-state index in [9.17, 15) is 10.1 Å². The number of ether oxygens (including phenoxy) is 1. The maximum absolute atomic E-state index is 11.3. The van der Waals surface area contributed by atoms with E-state index in [0.717, 1.165) is 36.9 Å². The van der Waals surface area contributed by atoms with Gasteiger partial charge in [-0.3, -0.25) is 15.0 Å². The summed E-state index contributed by atoms with van der Waals surface area (Å²) in [5, 5.41) is 11.3. The van der Waals surface area contributed by atoms with Crippen LogP contribution in [0.15, 0.2) is 78.9 Å². The van der Waals surface area contributed by atoms with E-state index < -0.39 is 5.72 Å². The van der Waals surface area contributed by atoms with Gasteiger partial charge < -0.3 is 4.74 Å². The van der Waals surface area contributed by atoms with Gasteiger partial charge in [-0.1, -0.05) is 55.7 Å². The third-order valence-corrected chi connectivity index (χ3v) is 7.36. The highest BCUT2D eigenvalue weighted by molar-refractivity contribution is 5.80. The van der Waals surface area contributed by atoms with Gasteiger partial charge in [0.25, 0.3) is 5.69 Å². The van der Waals surface area contributed by atoms with Crippen molar-refractivity contribution in [1.29, 1.82) is 0 Å². The Morgan fingerprint density at radius 3 is 2.44 bits per heavy atom. The normalized spacial score (nSPS) is 22.4. The van der Waals surface area contributed by atoms with Gasteiger partial charge in [0.05, 0.1) is 10.3 Å². The first-order valence-corrected chi connectivity index (χ1v) is 11.3. The van der Waals surface area contributed by atoms with Gasteiger partial charge in [0.15, 0.2) is 0 Å². The van der Waals surface area contributed by atoms with Crippen LogP contribution in [-0.4, -0.2) is 10.6 Å². The minimum Gasteiger partial charge on any atom is -0.462 e. The number of rotatable bonds is 2. The Balaban J connectivity index is 1.60. The Morgan fingerprint density at radius 1 is 0.906 bits per heavy atom. The van der Waals surface area contributed by atoms with Crippen LogP contribution in [-0.2, 0) is 5.41 Å². The minimum atomic E-state index is -0.721. The summed E-state index contributed by atoms with van der Waals surface area (Å²) in [4.78, 5) is 13.3. The molecule has 1 atom stereocenters. The molecule has 0 N–H and O–H groups in total. The predicted molar refractivity (Wildman–Crippen MR) is 125 cm³/mol. The first kappa shape index (κ1) is 19.1.